The SMILES string of the molecule is Cc1nc(Cl)c(Cc2ccnc3ccccc23)nc1C. The van der Waals surface area contributed by atoms with Crippen molar-refractivity contribution in [2.45, 2.75) is 20.3 Å². The lowest BCUT2D eigenvalue weighted by atomic mass is 10.0. The number of hydrogen-bond donors (Lipinski definition) is 0. The van der Waals surface area contributed by atoms with Crippen molar-refractivity contribution in [2.24, 2.45) is 0 Å². The Labute approximate surface area is 122 Å². The van der Waals surface area contributed by atoms with Crippen LogP contribution in [0.25, 0.3) is 10.9 Å². The fourth-order valence-electron chi connectivity index (χ4n) is 2.22. The van der Waals surface area contributed by atoms with Gasteiger partial charge in [0.05, 0.1) is 22.6 Å². The quantitative estimate of drug-likeness (QED) is 0.716. The third kappa shape index (κ3) is 2.37. The smallest absolute Gasteiger partial charge is 0.151 e. The van der Waals surface area contributed by atoms with Crippen molar-refractivity contribution in [3.05, 3.63) is 64.3 Å². The molecule has 20 heavy (non-hydrogen) atoms. The molecule has 3 aromatic rings. The molecule has 0 saturated heterocycles. The number of halogens is 1. The van der Waals surface area contributed by atoms with E-state index in [2.05, 4.69) is 21.0 Å². The number of nitrogens with zero attached hydrogens (tertiary/aromatic N) is 3. The van der Waals surface area contributed by atoms with Crippen LogP contribution in [0.15, 0.2) is 36.5 Å². The summed E-state index contributed by atoms with van der Waals surface area (Å²) in [5.41, 5.74) is 4.75. The second-order valence-corrected chi connectivity index (χ2v) is 5.15. The molecule has 0 aliphatic carbocycles. The van der Waals surface area contributed by atoms with Gasteiger partial charge < -0.3 is 0 Å². The second-order valence-electron chi connectivity index (χ2n) is 4.80. The molecule has 0 aliphatic heterocycles. The Bertz CT molecular complexity index is 779. The van der Waals surface area contributed by atoms with E-state index in [1.54, 1.807) is 0 Å². The van der Waals surface area contributed by atoms with Gasteiger partial charge in [0.25, 0.3) is 0 Å². The normalized spacial score (nSPS) is 10.9. The molecule has 0 unspecified atom stereocenters. The summed E-state index contributed by atoms with van der Waals surface area (Å²) < 4.78 is 0. The van der Waals surface area contributed by atoms with Crippen LogP contribution in [0.4, 0.5) is 0 Å². The van der Waals surface area contributed by atoms with Crippen molar-refractivity contribution < 1.29 is 0 Å². The summed E-state index contributed by atoms with van der Waals surface area (Å²) in [6.45, 7) is 3.87. The summed E-state index contributed by atoms with van der Waals surface area (Å²) in [7, 11) is 0. The molecule has 0 radical (unpaired) electrons. The van der Waals surface area contributed by atoms with Crippen LogP contribution in [0.5, 0.6) is 0 Å². The van der Waals surface area contributed by atoms with Crippen LogP contribution in [-0.4, -0.2) is 15.0 Å². The Balaban J connectivity index is 2.08. The number of rotatable bonds is 2. The van der Waals surface area contributed by atoms with E-state index in [-0.39, 0.29) is 0 Å². The van der Waals surface area contributed by atoms with Gasteiger partial charge >= 0.3 is 0 Å². The topological polar surface area (TPSA) is 38.7 Å². The van der Waals surface area contributed by atoms with Gasteiger partial charge in [-0.05, 0) is 31.5 Å². The van der Waals surface area contributed by atoms with Crippen LogP contribution in [0.1, 0.15) is 22.6 Å². The van der Waals surface area contributed by atoms with Gasteiger partial charge in [-0.1, -0.05) is 29.8 Å². The zero-order valence-corrected chi connectivity index (χ0v) is 12.1. The minimum absolute atomic E-state index is 0.481. The Morgan fingerprint density at radius 1 is 1.00 bits per heavy atom. The van der Waals surface area contributed by atoms with E-state index < -0.39 is 0 Å². The maximum atomic E-state index is 6.21. The summed E-state index contributed by atoms with van der Waals surface area (Å²) >= 11 is 6.21. The van der Waals surface area contributed by atoms with E-state index >= 15 is 0 Å². The molecule has 0 spiro atoms. The van der Waals surface area contributed by atoms with Gasteiger partial charge in [-0.3, -0.25) is 9.97 Å². The predicted octanol–water partition coefficient (Wildman–Crippen LogP) is 3.89. The first-order valence-electron chi connectivity index (χ1n) is 6.47. The van der Waals surface area contributed by atoms with Crippen molar-refractivity contribution in [1.29, 1.82) is 0 Å². The third-order valence-corrected chi connectivity index (χ3v) is 3.73. The summed E-state index contributed by atoms with van der Waals surface area (Å²) in [5, 5.41) is 1.61. The molecule has 0 fully saturated rings. The van der Waals surface area contributed by atoms with E-state index in [1.807, 2.05) is 44.3 Å². The molecule has 2 heterocycles. The zero-order valence-electron chi connectivity index (χ0n) is 11.4. The first-order chi connectivity index (χ1) is 9.65. The maximum absolute atomic E-state index is 6.21. The van der Waals surface area contributed by atoms with Crippen LogP contribution >= 0.6 is 11.6 Å². The van der Waals surface area contributed by atoms with Crippen molar-refractivity contribution >= 4 is 22.5 Å². The van der Waals surface area contributed by atoms with Gasteiger partial charge in [0.2, 0.25) is 0 Å². The fourth-order valence-corrected chi connectivity index (χ4v) is 2.46. The van der Waals surface area contributed by atoms with Gasteiger partial charge in [0.1, 0.15) is 0 Å². The van der Waals surface area contributed by atoms with E-state index in [9.17, 15) is 0 Å². The largest absolute Gasteiger partial charge is 0.256 e. The highest BCUT2D eigenvalue weighted by atomic mass is 35.5. The summed E-state index contributed by atoms with van der Waals surface area (Å²) in [6.07, 6.45) is 2.48. The van der Waals surface area contributed by atoms with Crippen molar-refractivity contribution in [3.63, 3.8) is 0 Å². The molecule has 3 rings (SSSR count). The minimum atomic E-state index is 0.481. The monoisotopic (exact) mass is 283 g/mol. The zero-order chi connectivity index (χ0) is 14.1. The fraction of sp³-hybridized carbons (Fsp3) is 0.188. The first-order valence-corrected chi connectivity index (χ1v) is 6.85. The number of aryl methyl sites for hydroxylation is 2. The average molecular weight is 284 g/mol. The highest BCUT2D eigenvalue weighted by Gasteiger charge is 2.10. The molecular formula is C16H14ClN3. The van der Waals surface area contributed by atoms with E-state index in [1.165, 1.54) is 0 Å². The van der Waals surface area contributed by atoms with Gasteiger partial charge in [-0.25, -0.2) is 4.98 Å². The van der Waals surface area contributed by atoms with Gasteiger partial charge in [0.15, 0.2) is 5.15 Å². The van der Waals surface area contributed by atoms with Crippen molar-refractivity contribution in [1.82, 2.24) is 15.0 Å². The van der Waals surface area contributed by atoms with E-state index in [0.717, 1.165) is 33.5 Å². The van der Waals surface area contributed by atoms with Crippen LogP contribution in [0, 0.1) is 13.8 Å². The van der Waals surface area contributed by atoms with Crippen molar-refractivity contribution in [2.75, 3.05) is 0 Å². The van der Waals surface area contributed by atoms with Crippen LogP contribution < -0.4 is 0 Å². The van der Waals surface area contributed by atoms with Crippen LogP contribution in [0.2, 0.25) is 5.15 Å². The number of para-hydroxylation sites is 1. The molecule has 4 heteroatoms. The van der Waals surface area contributed by atoms with Crippen LogP contribution in [0.3, 0.4) is 0 Å². The van der Waals surface area contributed by atoms with Gasteiger partial charge in [0, 0.05) is 18.0 Å². The highest BCUT2D eigenvalue weighted by Crippen LogP contribution is 2.22. The minimum Gasteiger partial charge on any atom is -0.256 e. The Hall–Kier alpha value is -2.00. The highest BCUT2D eigenvalue weighted by molar-refractivity contribution is 6.30. The molecule has 3 nitrogen and oxygen atoms in total. The number of fused-ring (bicyclic) bond motifs is 1. The Morgan fingerprint density at radius 2 is 1.75 bits per heavy atom. The molecule has 0 aliphatic rings. The average Bonchev–Trinajstić information content (AvgIpc) is 2.45. The predicted molar refractivity (Wildman–Crippen MR) is 81.1 cm³/mol. The molecule has 0 bridgehead atoms. The summed E-state index contributed by atoms with van der Waals surface area (Å²) in [5.74, 6) is 0. The molecular weight excluding hydrogens is 270 g/mol. The third-order valence-electron chi connectivity index (χ3n) is 3.43. The van der Waals surface area contributed by atoms with Gasteiger partial charge in [-0.15, -0.1) is 0 Å². The standard InChI is InChI=1S/C16H14ClN3/c1-10-11(2)20-16(17)15(19-10)9-12-7-8-18-14-6-4-3-5-13(12)14/h3-8H,9H2,1-2H3. The van der Waals surface area contributed by atoms with Crippen molar-refractivity contribution in [3.8, 4) is 0 Å². The number of aromatic nitrogens is 3. The van der Waals surface area contributed by atoms with Crippen LogP contribution in [-0.2, 0) is 6.42 Å². The maximum Gasteiger partial charge on any atom is 0.151 e. The van der Waals surface area contributed by atoms with E-state index in [4.69, 9.17) is 11.6 Å². The molecule has 0 saturated carbocycles. The number of benzene rings is 1. The molecule has 0 atom stereocenters. The van der Waals surface area contributed by atoms with Gasteiger partial charge in [-0.2, -0.15) is 0 Å². The lowest BCUT2D eigenvalue weighted by molar-refractivity contribution is 0.962. The molecule has 100 valence electrons. The lowest BCUT2D eigenvalue weighted by Crippen LogP contribution is -2.01. The number of pyridine rings is 1. The second kappa shape index (κ2) is 5.17. The first kappa shape index (κ1) is 13.0. The molecule has 2 aromatic heterocycles. The Morgan fingerprint density at radius 3 is 2.60 bits per heavy atom. The van der Waals surface area contributed by atoms with E-state index in [0.29, 0.717) is 11.6 Å². The molecule has 0 N–H and O–H groups in total. The lowest BCUT2D eigenvalue weighted by Gasteiger charge is -2.08. The summed E-state index contributed by atoms with van der Waals surface area (Å²) in [6, 6.07) is 10.1. The Kier molecular flexibility index (Phi) is 3.36. The molecule has 1 aromatic carbocycles. The summed E-state index contributed by atoms with van der Waals surface area (Å²) in [4.78, 5) is 13.3. The molecule has 0 amide bonds. The number of hydrogen-bond acceptors (Lipinski definition) is 3.